The zero-order chi connectivity index (χ0) is 22.0. The molecule has 0 radical (unpaired) electrons. The largest absolute Gasteiger partial charge is 0.510 e. The molecule has 160 valence electrons. The lowest BCUT2D eigenvalue weighted by Gasteiger charge is -2.34. The summed E-state index contributed by atoms with van der Waals surface area (Å²) < 4.78 is 12.2. The molecule has 0 fully saturated rings. The van der Waals surface area contributed by atoms with Gasteiger partial charge in [-0.3, -0.25) is 19.2 Å². The monoisotopic (exact) mass is 461 g/mol. The van der Waals surface area contributed by atoms with Gasteiger partial charge in [-0.15, -0.1) is 0 Å². The lowest BCUT2D eigenvalue weighted by molar-refractivity contribution is -0.0444. The normalized spacial score (nSPS) is 15.3. The van der Waals surface area contributed by atoms with Crippen molar-refractivity contribution in [2.45, 2.75) is 19.6 Å². The highest BCUT2D eigenvalue weighted by Crippen LogP contribution is 2.34. The second-order valence-corrected chi connectivity index (χ2v) is 7.30. The predicted octanol–water partition coefficient (Wildman–Crippen LogP) is 3.84. The Bertz CT molecular complexity index is 1120. The summed E-state index contributed by atoms with van der Waals surface area (Å²) >= 11 is 12.3. The quantitative estimate of drug-likeness (QED) is 0.544. The average Bonchev–Trinajstić information content (AvgIpc) is 3.21. The van der Waals surface area contributed by atoms with E-state index in [0.29, 0.717) is 17.9 Å². The van der Waals surface area contributed by atoms with Crippen LogP contribution in [-0.4, -0.2) is 49.6 Å². The lowest BCUT2D eigenvalue weighted by atomic mass is 10.1. The van der Waals surface area contributed by atoms with Gasteiger partial charge in [0, 0.05) is 25.4 Å². The fraction of sp³-hybridized carbons (Fsp3) is 0.250. The average molecular weight is 462 g/mol. The van der Waals surface area contributed by atoms with Gasteiger partial charge in [0.1, 0.15) is 12.0 Å². The fourth-order valence-corrected chi connectivity index (χ4v) is 3.72. The van der Waals surface area contributed by atoms with Crippen LogP contribution in [0, 0.1) is 0 Å². The van der Waals surface area contributed by atoms with Crippen molar-refractivity contribution in [2.75, 3.05) is 13.2 Å². The maximum Gasteiger partial charge on any atom is 0.510 e. The van der Waals surface area contributed by atoms with E-state index in [1.54, 1.807) is 54.6 Å². The third-order valence-corrected chi connectivity index (χ3v) is 5.53. The highest BCUT2D eigenvalue weighted by atomic mass is 35.5. The molecule has 31 heavy (non-hydrogen) atoms. The first-order valence-corrected chi connectivity index (χ1v) is 10.2. The van der Waals surface area contributed by atoms with E-state index in [9.17, 15) is 9.59 Å². The van der Waals surface area contributed by atoms with Crippen LogP contribution in [-0.2, 0) is 15.9 Å². The standard InChI is InChI=1S/C20H17Cl2N5O4/c1-2-30-20(29)31-19-17-14(27(11-25-17)15-10-23-7-8-24-15)6-9-26(19)18(28)12-4-3-5-13(21)16(12)22/h3-5,7-8,10-11,19H,2,6,9H2,1H3. The van der Waals surface area contributed by atoms with Gasteiger partial charge in [0.15, 0.2) is 5.82 Å². The van der Waals surface area contributed by atoms with Crippen LogP contribution in [0.4, 0.5) is 4.79 Å². The maximum atomic E-state index is 13.3. The molecule has 2 aromatic heterocycles. The fourth-order valence-electron chi connectivity index (χ4n) is 3.34. The molecule has 1 aliphatic rings. The second-order valence-electron chi connectivity index (χ2n) is 6.51. The Balaban J connectivity index is 1.74. The topological polar surface area (TPSA) is 99.4 Å². The molecule has 0 bridgehead atoms. The van der Waals surface area contributed by atoms with Gasteiger partial charge in [0.25, 0.3) is 5.91 Å². The van der Waals surface area contributed by atoms with E-state index in [1.807, 2.05) is 0 Å². The van der Waals surface area contributed by atoms with Gasteiger partial charge in [-0.05, 0) is 19.1 Å². The van der Waals surface area contributed by atoms with Crippen molar-refractivity contribution < 1.29 is 19.1 Å². The number of amides is 1. The highest BCUT2D eigenvalue weighted by Gasteiger charge is 2.38. The van der Waals surface area contributed by atoms with Crippen LogP contribution in [0.2, 0.25) is 10.0 Å². The SMILES string of the molecule is CCOC(=O)OC1c2ncn(-c3cnccn3)c2CCN1C(=O)c1cccc(Cl)c1Cl. The van der Waals surface area contributed by atoms with Crippen LogP contribution in [0.25, 0.3) is 5.82 Å². The number of aromatic nitrogens is 4. The Kier molecular flexibility index (Phi) is 6.06. The zero-order valence-electron chi connectivity index (χ0n) is 16.4. The van der Waals surface area contributed by atoms with Crippen LogP contribution in [0.15, 0.2) is 43.1 Å². The van der Waals surface area contributed by atoms with E-state index in [4.69, 9.17) is 32.7 Å². The smallest absolute Gasteiger partial charge is 0.435 e. The summed E-state index contributed by atoms with van der Waals surface area (Å²) in [6, 6.07) is 4.77. The first-order chi connectivity index (χ1) is 15.0. The number of hydrogen-bond donors (Lipinski definition) is 0. The summed E-state index contributed by atoms with van der Waals surface area (Å²) in [4.78, 5) is 39.6. The number of benzene rings is 1. The van der Waals surface area contributed by atoms with E-state index in [0.717, 1.165) is 5.69 Å². The molecule has 4 rings (SSSR count). The van der Waals surface area contributed by atoms with Crippen LogP contribution >= 0.6 is 23.2 Å². The minimum absolute atomic E-state index is 0.125. The molecule has 0 spiro atoms. The Hall–Kier alpha value is -3.17. The number of fused-ring (bicyclic) bond motifs is 1. The molecule has 11 heteroatoms. The second kappa shape index (κ2) is 8.91. The van der Waals surface area contributed by atoms with E-state index in [-0.39, 0.29) is 28.8 Å². The predicted molar refractivity (Wildman–Crippen MR) is 111 cm³/mol. The Morgan fingerprint density at radius 1 is 1.23 bits per heavy atom. The number of nitrogens with zero attached hydrogens (tertiary/aromatic N) is 5. The molecular weight excluding hydrogens is 445 g/mol. The molecule has 0 aliphatic carbocycles. The van der Waals surface area contributed by atoms with Crippen molar-refractivity contribution in [1.82, 2.24) is 24.4 Å². The summed E-state index contributed by atoms with van der Waals surface area (Å²) in [5, 5.41) is 0.375. The zero-order valence-corrected chi connectivity index (χ0v) is 17.9. The molecule has 1 aromatic carbocycles. The molecule has 0 saturated heterocycles. The van der Waals surface area contributed by atoms with Crippen molar-refractivity contribution in [3.8, 4) is 5.82 Å². The summed E-state index contributed by atoms with van der Waals surface area (Å²) in [6.45, 7) is 2.02. The number of hydrogen-bond acceptors (Lipinski definition) is 7. The molecule has 1 amide bonds. The van der Waals surface area contributed by atoms with E-state index in [2.05, 4.69) is 15.0 Å². The summed E-state index contributed by atoms with van der Waals surface area (Å²) in [5.74, 6) is 0.116. The Labute approximate surface area is 187 Å². The van der Waals surface area contributed by atoms with Crippen LogP contribution in [0.5, 0.6) is 0 Å². The molecular formula is C20H17Cl2N5O4. The minimum Gasteiger partial charge on any atom is -0.435 e. The molecule has 9 nitrogen and oxygen atoms in total. The van der Waals surface area contributed by atoms with Gasteiger partial charge in [-0.1, -0.05) is 29.3 Å². The van der Waals surface area contributed by atoms with Crippen molar-refractivity contribution in [3.63, 3.8) is 0 Å². The molecule has 3 heterocycles. The number of carbonyl (C=O) groups excluding carboxylic acids is 2. The van der Waals surface area contributed by atoms with Gasteiger partial charge in [-0.2, -0.15) is 0 Å². The first-order valence-electron chi connectivity index (χ1n) is 9.42. The lowest BCUT2D eigenvalue weighted by Crippen LogP contribution is -2.42. The summed E-state index contributed by atoms with van der Waals surface area (Å²) in [5.41, 5.74) is 1.34. The van der Waals surface area contributed by atoms with E-state index in [1.165, 1.54) is 4.90 Å². The van der Waals surface area contributed by atoms with Crippen molar-refractivity contribution in [3.05, 3.63) is 70.1 Å². The van der Waals surface area contributed by atoms with Gasteiger partial charge >= 0.3 is 6.16 Å². The highest BCUT2D eigenvalue weighted by molar-refractivity contribution is 6.43. The number of ether oxygens (including phenoxy) is 2. The van der Waals surface area contributed by atoms with E-state index < -0.39 is 18.3 Å². The maximum absolute atomic E-state index is 13.3. The number of halogens is 2. The molecule has 1 aliphatic heterocycles. The number of carbonyl (C=O) groups is 2. The molecule has 0 saturated carbocycles. The molecule has 1 unspecified atom stereocenters. The van der Waals surface area contributed by atoms with Crippen LogP contribution in [0.3, 0.4) is 0 Å². The van der Waals surface area contributed by atoms with Crippen LogP contribution < -0.4 is 0 Å². The van der Waals surface area contributed by atoms with Crippen molar-refractivity contribution in [1.29, 1.82) is 0 Å². The summed E-state index contributed by atoms with van der Waals surface area (Å²) in [6.07, 6.45) is 4.69. The van der Waals surface area contributed by atoms with Gasteiger partial charge in [0.2, 0.25) is 6.23 Å². The first kappa shape index (κ1) is 21.1. The Morgan fingerprint density at radius 2 is 2.06 bits per heavy atom. The summed E-state index contributed by atoms with van der Waals surface area (Å²) in [7, 11) is 0. The number of imidazole rings is 1. The third-order valence-electron chi connectivity index (χ3n) is 4.71. The minimum atomic E-state index is -1.11. The van der Waals surface area contributed by atoms with Crippen molar-refractivity contribution in [2.24, 2.45) is 0 Å². The van der Waals surface area contributed by atoms with Gasteiger partial charge < -0.3 is 9.47 Å². The van der Waals surface area contributed by atoms with Gasteiger partial charge in [-0.25, -0.2) is 14.8 Å². The van der Waals surface area contributed by atoms with E-state index >= 15 is 0 Å². The molecule has 1 atom stereocenters. The Morgan fingerprint density at radius 3 is 2.81 bits per heavy atom. The molecule has 0 N–H and O–H groups in total. The number of rotatable bonds is 4. The van der Waals surface area contributed by atoms with Gasteiger partial charge in [0.05, 0.1) is 34.1 Å². The van der Waals surface area contributed by atoms with Crippen LogP contribution in [0.1, 0.15) is 34.9 Å². The third kappa shape index (κ3) is 4.06. The van der Waals surface area contributed by atoms with Crippen molar-refractivity contribution >= 4 is 35.3 Å². The molecule has 3 aromatic rings.